The number of rotatable bonds is 24. The van der Waals surface area contributed by atoms with E-state index in [1.54, 1.807) is 27.7 Å². The fourth-order valence-electron chi connectivity index (χ4n) is 4.35. The maximum Gasteiger partial charge on any atom is 0.326 e. The minimum absolute atomic E-state index is 0.0553. The molecule has 0 aliphatic rings. The highest BCUT2D eigenvalue weighted by Crippen LogP contribution is 2.12. The molecule has 20 nitrogen and oxygen atoms in total. The molecule has 0 aromatic heterocycles. The summed E-state index contributed by atoms with van der Waals surface area (Å²) in [5, 5.41) is 48.3. The second-order valence-corrected chi connectivity index (χ2v) is 11.8. The number of carboxylic acid groups (broad SMARTS) is 4. The van der Waals surface area contributed by atoms with E-state index < -0.39 is 121 Å². The minimum Gasteiger partial charge on any atom is -0.481 e. The first kappa shape index (κ1) is 44.1. The largest absolute Gasteiger partial charge is 0.481 e. The number of carbonyl (C=O) groups excluding carboxylic acids is 5. The summed E-state index contributed by atoms with van der Waals surface area (Å²) < 4.78 is 0. The van der Waals surface area contributed by atoms with Crippen LogP contribution < -0.4 is 38.1 Å². The molecule has 0 aromatic carbocycles. The van der Waals surface area contributed by atoms with E-state index in [1.165, 1.54) is 0 Å². The molecule has 0 bridgehead atoms. The Bertz CT molecular complexity index is 1210. The standard InChI is InChI=1S/C29H49N7O13/c1-5-14(4)23(28(47)35-22(13(2)3)29(48)49)36-25(44)16(8-6-7-9-30)32-26(45)18(12-21(41)42)34-27(46)17(11-20(39)40)33-24(43)15(31)10-19(37)38/h13-18,22-23H,5-12,30-31H2,1-4H3,(H,32,45)(H,33,43)(H,34,46)(H,35,47)(H,36,44)(H,37,38)(H,39,40)(H,41,42)(H,48,49)/t14-,15-,16-,17-,18-,22-,23-/m0/s1. The number of hydrogen-bond acceptors (Lipinski definition) is 11. The lowest BCUT2D eigenvalue weighted by Crippen LogP contribution is -2.60. The minimum atomic E-state index is -1.91. The molecule has 0 spiro atoms. The van der Waals surface area contributed by atoms with Gasteiger partial charge in [0.25, 0.3) is 0 Å². The third-order valence-electron chi connectivity index (χ3n) is 7.36. The fraction of sp³-hybridized carbons (Fsp3) is 0.690. The SMILES string of the molecule is CC[C@H](C)[C@H](NC(=O)[C@H](CCCCN)NC(=O)[C@H](CC(=O)O)NC(=O)[C@H](CC(=O)O)NC(=O)[C@@H](N)CC(=O)O)C(=O)N[C@H](C(=O)O)C(C)C. The summed E-state index contributed by atoms with van der Waals surface area (Å²) in [5.41, 5.74) is 11.0. The first-order valence-electron chi connectivity index (χ1n) is 15.6. The van der Waals surface area contributed by atoms with Crippen molar-refractivity contribution in [1.82, 2.24) is 26.6 Å². The number of unbranched alkanes of at least 4 members (excludes halogenated alkanes) is 1. The molecule has 5 amide bonds. The van der Waals surface area contributed by atoms with Crippen molar-refractivity contribution in [3.05, 3.63) is 0 Å². The third kappa shape index (κ3) is 16.7. The second-order valence-electron chi connectivity index (χ2n) is 11.8. The van der Waals surface area contributed by atoms with Gasteiger partial charge in [0.2, 0.25) is 29.5 Å². The normalized spacial score (nSPS) is 15.2. The Morgan fingerprint density at radius 1 is 0.571 bits per heavy atom. The van der Waals surface area contributed by atoms with Crippen LogP contribution in [0.5, 0.6) is 0 Å². The average Bonchev–Trinajstić information content (AvgIpc) is 2.99. The second kappa shape index (κ2) is 21.9. The topological polar surface area (TPSA) is 347 Å². The first-order valence-corrected chi connectivity index (χ1v) is 15.6. The summed E-state index contributed by atoms with van der Waals surface area (Å²) in [5.74, 6) is -12.3. The Morgan fingerprint density at radius 2 is 1.00 bits per heavy atom. The molecule has 0 rings (SSSR count). The molecule has 7 atom stereocenters. The number of amides is 5. The molecule has 0 fully saturated rings. The summed E-state index contributed by atoms with van der Waals surface area (Å²) in [6.45, 7) is 6.75. The molecule has 13 N–H and O–H groups in total. The monoisotopic (exact) mass is 703 g/mol. The van der Waals surface area contributed by atoms with Crippen LogP contribution >= 0.6 is 0 Å². The maximum atomic E-state index is 13.5. The molecule has 278 valence electrons. The van der Waals surface area contributed by atoms with E-state index in [4.69, 9.17) is 16.6 Å². The molecule has 0 saturated heterocycles. The predicted octanol–water partition coefficient (Wildman–Crippen LogP) is -2.92. The summed E-state index contributed by atoms with van der Waals surface area (Å²) in [6.07, 6.45) is -1.96. The zero-order valence-electron chi connectivity index (χ0n) is 27.9. The van der Waals surface area contributed by atoms with Gasteiger partial charge >= 0.3 is 23.9 Å². The lowest BCUT2D eigenvalue weighted by atomic mass is 9.96. The molecule has 0 saturated carbocycles. The van der Waals surface area contributed by atoms with Crippen LogP contribution in [0, 0.1) is 11.8 Å². The van der Waals surface area contributed by atoms with Crippen molar-refractivity contribution in [3.63, 3.8) is 0 Å². The molecule has 0 aliphatic carbocycles. The zero-order valence-corrected chi connectivity index (χ0v) is 27.9. The van der Waals surface area contributed by atoms with Crippen LogP contribution in [0.1, 0.15) is 72.6 Å². The number of carboxylic acids is 4. The van der Waals surface area contributed by atoms with Crippen molar-refractivity contribution in [2.45, 2.75) is 109 Å². The Hall–Kier alpha value is -4.85. The molecule has 20 heteroatoms. The Labute approximate surface area is 282 Å². The molecule has 0 aromatic rings. The van der Waals surface area contributed by atoms with Gasteiger partial charge in [-0.15, -0.1) is 0 Å². The van der Waals surface area contributed by atoms with Crippen molar-refractivity contribution in [2.75, 3.05) is 6.54 Å². The number of hydrogen-bond donors (Lipinski definition) is 11. The predicted molar refractivity (Wildman–Crippen MR) is 169 cm³/mol. The van der Waals surface area contributed by atoms with Crippen LogP contribution in [0.4, 0.5) is 0 Å². The van der Waals surface area contributed by atoms with Crippen LogP contribution in [-0.2, 0) is 43.2 Å². The van der Waals surface area contributed by atoms with Crippen LogP contribution in [0.25, 0.3) is 0 Å². The Morgan fingerprint density at radius 3 is 1.41 bits per heavy atom. The summed E-state index contributed by atoms with van der Waals surface area (Å²) in [7, 11) is 0. The van der Waals surface area contributed by atoms with Gasteiger partial charge in [0.15, 0.2) is 0 Å². The van der Waals surface area contributed by atoms with E-state index in [0.717, 1.165) is 0 Å². The van der Waals surface area contributed by atoms with Crippen molar-refractivity contribution >= 4 is 53.4 Å². The summed E-state index contributed by atoms with van der Waals surface area (Å²) in [6, 6.07) is -9.40. The van der Waals surface area contributed by atoms with Crippen molar-refractivity contribution < 1.29 is 63.6 Å². The molecule has 49 heavy (non-hydrogen) atoms. The van der Waals surface area contributed by atoms with Crippen LogP contribution in [0.15, 0.2) is 0 Å². The van der Waals surface area contributed by atoms with E-state index in [1.807, 2.05) is 10.6 Å². The van der Waals surface area contributed by atoms with E-state index in [2.05, 4.69) is 16.0 Å². The molecule has 0 unspecified atom stereocenters. The average molecular weight is 704 g/mol. The number of nitrogens with one attached hydrogen (secondary N) is 5. The van der Waals surface area contributed by atoms with Crippen molar-refractivity contribution in [2.24, 2.45) is 23.3 Å². The smallest absolute Gasteiger partial charge is 0.326 e. The van der Waals surface area contributed by atoms with Crippen LogP contribution in [0.2, 0.25) is 0 Å². The van der Waals surface area contributed by atoms with Crippen LogP contribution in [-0.4, -0.2) is 117 Å². The van der Waals surface area contributed by atoms with Gasteiger partial charge in [-0.2, -0.15) is 0 Å². The first-order chi connectivity index (χ1) is 22.7. The van der Waals surface area contributed by atoms with E-state index in [0.29, 0.717) is 12.8 Å². The van der Waals surface area contributed by atoms with E-state index >= 15 is 0 Å². The van der Waals surface area contributed by atoms with Gasteiger partial charge in [-0.3, -0.25) is 38.4 Å². The highest BCUT2D eigenvalue weighted by Gasteiger charge is 2.35. The van der Waals surface area contributed by atoms with Gasteiger partial charge in [0.1, 0.15) is 30.2 Å². The maximum absolute atomic E-state index is 13.5. The van der Waals surface area contributed by atoms with Crippen LogP contribution in [0.3, 0.4) is 0 Å². The van der Waals surface area contributed by atoms with Gasteiger partial charge in [-0.25, -0.2) is 4.79 Å². The lowest BCUT2D eigenvalue weighted by molar-refractivity contribution is -0.144. The summed E-state index contributed by atoms with van der Waals surface area (Å²) >= 11 is 0. The fourth-order valence-corrected chi connectivity index (χ4v) is 4.35. The van der Waals surface area contributed by atoms with Gasteiger partial charge < -0.3 is 58.5 Å². The molecule has 0 aliphatic heterocycles. The lowest BCUT2D eigenvalue weighted by Gasteiger charge is -2.29. The number of carbonyl (C=O) groups is 9. The molecular weight excluding hydrogens is 654 g/mol. The Kier molecular flexibility index (Phi) is 19.7. The van der Waals surface area contributed by atoms with Gasteiger partial charge in [0.05, 0.1) is 25.3 Å². The molecular formula is C29H49N7O13. The van der Waals surface area contributed by atoms with Crippen molar-refractivity contribution in [1.29, 1.82) is 0 Å². The number of aliphatic carboxylic acids is 4. The molecule has 0 radical (unpaired) electrons. The molecule has 0 heterocycles. The van der Waals surface area contributed by atoms with Gasteiger partial charge in [0, 0.05) is 0 Å². The van der Waals surface area contributed by atoms with Crippen molar-refractivity contribution in [3.8, 4) is 0 Å². The highest BCUT2D eigenvalue weighted by molar-refractivity contribution is 5.98. The van der Waals surface area contributed by atoms with E-state index in [-0.39, 0.29) is 19.4 Å². The summed E-state index contributed by atoms with van der Waals surface area (Å²) in [4.78, 5) is 111. The van der Waals surface area contributed by atoms with Gasteiger partial charge in [-0.1, -0.05) is 34.1 Å². The van der Waals surface area contributed by atoms with Gasteiger partial charge in [-0.05, 0) is 37.6 Å². The number of nitrogens with two attached hydrogens (primary N) is 2. The zero-order chi connectivity index (χ0) is 38.0. The quantitative estimate of drug-likeness (QED) is 0.0448. The third-order valence-corrected chi connectivity index (χ3v) is 7.36. The van der Waals surface area contributed by atoms with E-state index in [9.17, 15) is 58.5 Å². The Balaban J connectivity index is 6.23. The highest BCUT2D eigenvalue weighted by atomic mass is 16.4.